The number of likely N-dealkylation sites (tertiary alicyclic amines) is 1. The highest BCUT2D eigenvalue weighted by molar-refractivity contribution is 5.06. The maximum atomic E-state index is 14.0. The molecule has 0 radical (unpaired) electrons. The third-order valence-electron chi connectivity index (χ3n) is 4.20. The van der Waals surface area contributed by atoms with Crippen molar-refractivity contribution in [1.29, 1.82) is 0 Å². The zero-order valence-electron chi connectivity index (χ0n) is 9.52. The van der Waals surface area contributed by atoms with E-state index in [-0.39, 0.29) is 12.6 Å². The van der Waals surface area contributed by atoms with Crippen molar-refractivity contribution >= 4 is 0 Å². The Hall–Kier alpha value is -0.220. The number of nitrogens with zero attached hydrogens (tertiary/aromatic N) is 1. The predicted molar refractivity (Wildman–Crippen MR) is 56.2 cm³/mol. The lowest BCUT2D eigenvalue weighted by atomic mass is 9.70. The lowest BCUT2D eigenvalue weighted by Gasteiger charge is -2.54. The van der Waals surface area contributed by atoms with E-state index in [1.807, 2.05) is 11.8 Å². The molecular formula is C11H20F2N2. The molecule has 0 aromatic carbocycles. The molecule has 2 saturated heterocycles. The van der Waals surface area contributed by atoms with Gasteiger partial charge < -0.3 is 5.32 Å². The first-order chi connectivity index (χ1) is 7.01. The second-order valence-electron chi connectivity index (χ2n) is 5.07. The van der Waals surface area contributed by atoms with Crippen LogP contribution in [0.3, 0.4) is 0 Å². The highest BCUT2D eigenvalue weighted by Crippen LogP contribution is 2.46. The van der Waals surface area contributed by atoms with E-state index in [0.717, 1.165) is 13.0 Å². The van der Waals surface area contributed by atoms with Crippen LogP contribution in [-0.2, 0) is 0 Å². The SMILES string of the molecule is CCC(C)N1CCC2(CNC2)C(F)(F)C1. The van der Waals surface area contributed by atoms with Gasteiger partial charge in [-0.25, -0.2) is 8.78 Å². The maximum Gasteiger partial charge on any atom is 0.268 e. The molecule has 2 aliphatic rings. The quantitative estimate of drug-likeness (QED) is 0.759. The van der Waals surface area contributed by atoms with Gasteiger partial charge in [-0.15, -0.1) is 0 Å². The number of piperidine rings is 1. The van der Waals surface area contributed by atoms with Gasteiger partial charge in [-0.1, -0.05) is 6.92 Å². The zero-order chi connectivity index (χ0) is 11.1. The summed E-state index contributed by atoms with van der Waals surface area (Å²) in [5, 5.41) is 2.99. The van der Waals surface area contributed by atoms with Gasteiger partial charge in [0.2, 0.25) is 0 Å². The van der Waals surface area contributed by atoms with Gasteiger partial charge in [0, 0.05) is 19.1 Å². The summed E-state index contributed by atoms with van der Waals surface area (Å²) in [4.78, 5) is 1.93. The van der Waals surface area contributed by atoms with Crippen molar-refractivity contribution < 1.29 is 8.78 Å². The molecule has 0 aromatic heterocycles. The maximum absolute atomic E-state index is 14.0. The molecule has 2 heterocycles. The van der Waals surface area contributed by atoms with Gasteiger partial charge >= 0.3 is 0 Å². The van der Waals surface area contributed by atoms with Crippen LogP contribution in [0.25, 0.3) is 0 Å². The molecule has 88 valence electrons. The van der Waals surface area contributed by atoms with E-state index in [9.17, 15) is 8.78 Å². The minimum atomic E-state index is -2.51. The van der Waals surface area contributed by atoms with Gasteiger partial charge in [0.05, 0.1) is 12.0 Å². The molecule has 2 fully saturated rings. The molecule has 1 atom stereocenters. The number of halogens is 2. The minimum absolute atomic E-state index is 0.0519. The average molecular weight is 218 g/mol. The summed E-state index contributed by atoms with van der Waals surface area (Å²) in [7, 11) is 0. The van der Waals surface area contributed by atoms with E-state index in [4.69, 9.17) is 0 Å². The highest BCUT2D eigenvalue weighted by atomic mass is 19.3. The molecule has 1 unspecified atom stereocenters. The summed E-state index contributed by atoms with van der Waals surface area (Å²) in [5.41, 5.74) is -0.725. The van der Waals surface area contributed by atoms with Crippen LogP contribution < -0.4 is 5.32 Å². The lowest BCUT2D eigenvalue weighted by molar-refractivity contribution is -0.193. The number of rotatable bonds is 2. The minimum Gasteiger partial charge on any atom is -0.315 e. The van der Waals surface area contributed by atoms with Gasteiger partial charge in [0.1, 0.15) is 0 Å². The smallest absolute Gasteiger partial charge is 0.268 e. The molecule has 1 spiro atoms. The summed E-state index contributed by atoms with van der Waals surface area (Å²) < 4.78 is 27.9. The fourth-order valence-electron chi connectivity index (χ4n) is 2.54. The van der Waals surface area contributed by atoms with Crippen LogP contribution in [0.1, 0.15) is 26.7 Å². The number of hydrogen-bond donors (Lipinski definition) is 1. The van der Waals surface area contributed by atoms with Crippen LogP contribution >= 0.6 is 0 Å². The van der Waals surface area contributed by atoms with Gasteiger partial charge in [0.25, 0.3) is 5.92 Å². The molecule has 0 aliphatic carbocycles. The van der Waals surface area contributed by atoms with Crippen molar-refractivity contribution in [2.24, 2.45) is 5.41 Å². The summed E-state index contributed by atoms with van der Waals surface area (Å²) >= 11 is 0. The summed E-state index contributed by atoms with van der Waals surface area (Å²) in [6.07, 6.45) is 1.58. The van der Waals surface area contributed by atoms with E-state index in [1.165, 1.54) is 0 Å². The van der Waals surface area contributed by atoms with E-state index in [0.29, 0.717) is 19.5 Å². The Kier molecular flexibility index (Phi) is 2.75. The Morgan fingerprint density at radius 1 is 1.40 bits per heavy atom. The van der Waals surface area contributed by atoms with E-state index in [2.05, 4.69) is 12.2 Å². The molecule has 1 N–H and O–H groups in total. The Balaban J connectivity index is 2.04. The number of hydrogen-bond acceptors (Lipinski definition) is 2. The Morgan fingerprint density at radius 2 is 2.07 bits per heavy atom. The number of alkyl halides is 2. The molecule has 4 heteroatoms. The summed E-state index contributed by atoms with van der Waals surface area (Å²) in [6.45, 7) is 5.85. The van der Waals surface area contributed by atoms with Crippen molar-refractivity contribution in [3.05, 3.63) is 0 Å². The van der Waals surface area contributed by atoms with Crippen molar-refractivity contribution in [2.75, 3.05) is 26.2 Å². The van der Waals surface area contributed by atoms with Gasteiger partial charge in [0.15, 0.2) is 0 Å². The molecule has 0 saturated carbocycles. The molecule has 2 rings (SSSR count). The molecule has 2 nitrogen and oxygen atoms in total. The summed E-state index contributed by atoms with van der Waals surface area (Å²) in [5.74, 6) is -2.51. The van der Waals surface area contributed by atoms with Crippen molar-refractivity contribution in [3.63, 3.8) is 0 Å². The van der Waals surface area contributed by atoms with Crippen molar-refractivity contribution in [2.45, 2.75) is 38.7 Å². The molecular weight excluding hydrogens is 198 g/mol. The van der Waals surface area contributed by atoms with E-state index < -0.39 is 11.3 Å². The lowest BCUT2D eigenvalue weighted by Crippen LogP contribution is -2.69. The van der Waals surface area contributed by atoms with Crippen molar-refractivity contribution in [1.82, 2.24) is 10.2 Å². The van der Waals surface area contributed by atoms with Gasteiger partial charge in [-0.3, -0.25) is 4.90 Å². The van der Waals surface area contributed by atoms with Crippen LogP contribution in [0.5, 0.6) is 0 Å². The first-order valence-corrected chi connectivity index (χ1v) is 5.83. The second kappa shape index (κ2) is 3.67. The van der Waals surface area contributed by atoms with Crippen LogP contribution in [0, 0.1) is 5.41 Å². The van der Waals surface area contributed by atoms with E-state index in [1.54, 1.807) is 0 Å². The molecule has 2 aliphatic heterocycles. The van der Waals surface area contributed by atoms with Crippen molar-refractivity contribution in [3.8, 4) is 0 Å². The topological polar surface area (TPSA) is 15.3 Å². The van der Waals surface area contributed by atoms with Gasteiger partial charge in [-0.2, -0.15) is 0 Å². The third kappa shape index (κ3) is 1.68. The highest BCUT2D eigenvalue weighted by Gasteiger charge is 2.59. The first kappa shape index (κ1) is 11.3. The average Bonchev–Trinajstić information content (AvgIpc) is 2.12. The number of nitrogens with one attached hydrogen (secondary N) is 1. The fourth-order valence-corrected chi connectivity index (χ4v) is 2.54. The Labute approximate surface area is 90.0 Å². The van der Waals surface area contributed by atoms with Crippen LogP contribution in [-0.4, -0.2) is 43.0 Å². The zero-order valence-corrected chi connectivity index (χ0v) is 9.52. The second-order valence-corrected chi connectivity index (χ2v) is 5.07. The molecule has 0 amide bonds. The monoisotopic (exact) mass is 218 g/mol. The third-order valence-corrected chi connectivity index (χ3v) is 4.20. The molecule has 0 bridgehead atoms. The van der Waals surface area contributed by atoms with Crippen LogP contribution in [0.15, 0.2) is 0 Å². The van der Waals surface area contributed by atoms with Gasteiger partial charge in [-0.05, 0) is 26.3 Å². The largest absolute Gasteiger partial charge is 0.315 e. The Bertz CT molecular complexity index is 239. The van der Waals surface area contributed by atoms with E-state index >= 15 is 0 Å². The Morgan fingerprint density at radius 3 is 2.47 bits per heavy atom. The first-order valence-electron chi connectivity index (χ1n) is 5.83. The summed E-state index contributed by atoms with van der Waals surface area (Å²) in [6, 6.07) is 0.279. The molecule has 0 aromatic rings. The van der Waals surface area contributed by atoms with Crippen LogP contribution in [0.4, 0.5) is 8.78 Å². The standard InChI is InChI=1S/C11H20F2N2/c1-3-9(2)15-5-4-10(6-14-7-10)11(12,13)8-15/h9,14H,3-8H2,1-2H3. The van der Waals surface area contributed by atoms with Crippen LogP contribution in [0.2, 0.25) is 0 Å². The predicted octanol–water partition coefficient (Wildman–Crippen LogP) is 1.72. The fraction of sp³-hybridized carbons (Fsp3) is 1.00. The molecule has 15 heavy (non-hydrogen) atoms. The normalized spacial score (nSPS) is 31.2.